The van der Waals surface area contributed by atoms with Crippen LogP contribution in [0.25, 0.3) is 10.9 Å². The van der Waals surface area contributed by atoms with Crippen molar-refractivity contribution >= 4 is 22.7 Å². The van der Waals surface area contributed by atoms with Gasteiger partial charge in [-0.2, -0.15) is 0 Å². The maximum absolute atomic E-state index is 13.2. The van der Waals surface area contributed by atoms with Crippen LogP contribution >= 0.6 is 0 Å². The lowest BCUT2D eigenvalue weighted by Gasteiger charge is -2.22. The minimum Gasteiger partial charge on any atom is -0.495 e. The molecule has 1 aliphatic heterocycles. The number of aromatic nitrogens is 1. The summed E-state index contributed by atoms with van der Waals surface area (Å²) in [7, 11) is 1.60. The highest BCUT2D eigenvalue weighted by Crippen LogP contribution is 2.30. The fraction of sp³-hybridized carbons (Fsp3) is 0.238. The average Bonchev–Trinajstić information content (AvgIpc) is 3.35. The number of carbonyl (C=O) groups excluding carboxylic acids is 2. The van der Waals surface area contributed by atoms with E-state index in [9.17, 15) is 9.59 Å². The van der Waals surface area contributed by atoms with Gasteiger partial charge in [-0.25, -0.2) is 4.79 Å². The number of hydrogen-bond acceptors (Lipinski definition) is 5. The summed E-state index contributed by atoms with van der Waals surface area (Å²) >= 11 is 0. The zero-order chi connectivity index (χ0) is 18.8. The second-order valence-corrected chi connectivity index (χ2v) is 6.49. The fourth-order valence-corrected chi connectivity index (χ4v) is 3.52. The molecule has 1 fully saturated rings. The molecule has 27 heavy (non-hydrogen) atoms. The minimum absolute atomic E-state index is 0.0622. The molecule has 4 rings (SSSR count). The molecular weight excluding hydrogens is 344 g/mol. The zero-order valence-electron chi connectivity index (χ0n) is 15.0. The average molecular weight is 364 g/mol. The van der Waals surface area contributed by atoms with E-state index in [0.29, 0.717) is 29.8 Å². The Labute approximate surface area is 156 Å². The van der Waals surface area contributed by atoms with E-state index in [4.69, 9.17) is 9.57 Å². The molecule has 0 spiro atoms. The van der Waals surface area contributed by atoms with E-state index in [1.807, 2.05) is 24.3 Å². The van der Waals surface area contributed by atoms with E-state index in [1.165, 1.54) is 5.06 Å². The van der Waals surface area contributed by atoms with Crippen molar-refractivity contribution in [2.45, 2.75) is 18.9 Å². The van der Waals surface area contributed by atoms with Crippen molar-refractivity contribution < 1.29 is 19.2 Å². The van der Waals surface area contributed by atoms with Gasteiger partial charge in [0.2, 0.25) is 0 Å². The number of methoxy groups -OCH3 is 1. The van der Waals surface area contributed by atoms with Gasteiger partial charge < -0.3 is 14.6 Å². The van der Waals surface area contributed by atoms with Gasteiger partial charge in [-0.3, -0.25) is 4.79 Å². The van der Waals surface area contributed by atoms with E-state index in [2.05, 4.69) is 4.98 Å². The van der Waals surface area contributed by atoms with E-state index < -0.39 is 12.0 Å². The maximum Gasteiger partial charge on any atom is 0.357 e. The molecule has 6 nitrogen and oxygen atoms in total. The van der Waals surface area contributed by atoms with Gasteiger partial charge in [0.1, 0.15) is 11.8 Å². The molecular formula is C21H20N2O4. The van der Waals surface area contributed by atoms with Crippen molar-refractivity contribution in [3.05, 3.63) is 65.9 Å². The molecule has 0 radical (unpaired) electrons. The predicted molar refractivity (Wildman–Crippen MR) is 101 cm³/mol. The Morgan fingerprint density at radius 3 is 2.70 bits per heavy atom. The SMILES string of the molecule is COc1cccc2c(C(=O)C3CCCN3OC(=O)c3ccccc3)c[nH]c12. The van der Waals surface area contributed by atoms with Gasteiger partial charge in [0.25, 0.3) is 0 Å². The summed E-state index contributed by atoms with van der Waals surface area (Å²) in [5.74, 6) is 0.175. The normalized spacial score (nSPS) is 17.1. The molecule has 0 amide bonds. The van der Waals surface area contributed by atoms with Crippen molar-refractivity contribution in [1.82, 2.24) is 10.0 Å². The first kappa shape index (κ1) is 17.3. The first-order valence-corrected chi connectivity index (χ1v) is 8.91. The molecule has 1 unspecified atom stereocenters. The molecule has 2 aromatic carbocycles. The van der Waals surface area contributed by atoms with Gasteiger partial charge >= 0.3 is 5.97 Å². The summed E-state index contributed by atoms with van der Waals surface area (Å²) in [6, 6.07) is 13.9. The summed E-state index contributed by atoms with van der Waals surface area (Å²) in [5.41, 5.74) is 1.83. The lowest BCUT2D eigenvalue weighted by atomic mass is 10.0. The van der Waals surface area contributed by atoms with E-state index in [-0.39, 0.29) is 5.78 Å². The van der Waals surface area contributed by atoms with Crippen LogP contribution in [-0.4, -0.2) is 41.5 Å². The molecule has 1 saturated heterocycles. The summed E-state index contributed by atoms with van der Waals surface area (Å²) in [4.78, 5) is 34.2. The smallest absolute Gasteiger partial charge is 0.357 e. The monoisotopic (exact) mass is 364 g/mol. The van der Waals surface area contributed by atoms with Crippen LogP contribution in [0.3, 0.4) is 0 Å². The van der Waals surface area contributed by atoms with E-state index in [0.717, 1.165) is 17.3 Å². The van der Waals surface area contributed by atoms with Crippen LogP contribution in [0, 0.1) is 0 Å². The number of fused-ring (bicyclic) bond motifs is 1. The molecule has 138 valence electrons. The lowest BCUT2D eigenvalue weighted by Crippen LogP contribution is -2.37. The van der Waals surface area contributed by atoms with Crippen LogP contribution in [-0.2, 0) is 4.84 Å². The van der Waals surface area contributed by atoms with Crippen molar-refractivity contribution in [2.75, 3.05) is 13.7 Å². The largest absolute Gasteiger partial charge is 0.495 e. The third-order valence-corrected chi connectivity index (χ3v) is 4.88. The Balaban J connectivity index is 1.57. The summed E-state index contributed by atoms with van der Waals surface area (Å²) in [6.45, 7) is 0.542. The number of Topliss-reactive ketones (excluding diaryl/α,β-unsaturated/α-hetero) is 1. The van der Waals surface area contributed by atoms with Crippen LogP contribution < -0.4 is 4.74 Å². The van der Waals surface area contributed by atoms with Crippen LogP contribution in [0.1, 0.15) is 33.6 Å². The lowest BCUT2D eigenvalue weighted by molar-refractivity contribution is -0.109. The summed E-state index contributed by atoms with van der Waals surface area (Å²) in [5, 5.41) is 2.32. The van der Waals surface area contributed by atoms with E-state index >= 15 is 0 Å². The number of hydroxylamine groups is 2. The molecule has 6 heteroatoms. The first-order chi connectivity index (χ1) is 13.2. The minimum atomic E-state index is -0.483. The number of benzene rings is 2. The first-order valence-electron chi connectivity index (χ1n) is 8.91. The Morgan fingerprint density at radius 2 is 1.93 bits per heavy atom. The van der Waals surface area contributed by atoms with Gasteiger partial charge in [0.05, 0.1) is 18.2 Å². The Bertz CT molecular complexity index is 980. The molecule has 1 aliphatic rings. The van der Waals surface area contributed by atoms with Crippen molar-refractivity contribution in [3.8, 4) is 5.75 Å². The Hall–Kier alpha value is -3.12. The number of nitrogens with one attached hydrogen (secondary N) is 1. The van der Waals surface area contributed by atoms with E-state index in [1.54, 1.807) is 37.6 Å². The molecule has 1 N–H and O–H groups in total. The number of para-hydroxylation sites is 1. The molecule has 0 aliphatic carbocycles. The second-order valence-electron chi connectivity index (χ2n) is 6.49. The van der Waals surface area contributed by atoms with Gasteiger partial charge in [-0.05, 0) is 31.0 Å². The number of aromatic amines is 1. The zero-order valence-corrected chi connectivity index (χ0v) is 15.0. The number of ether oxygens (including phenoxy) is 1. The fourth-order valence-electron chi connectivity index (χ4n) is 3.52. The van der Waals surface area contributed by atoms with Gasteiger partial charge in [0, 0.05) is 23.7 Å². The number of H-pyrrole nitrogens is 1. The number of nitrogens with zero attached hydrogens (tertiary/aromatic N) is 1. The van der Waals surface area contributed by atoms with Crippen molar-refractivity contribution in [2.24, 2.45) is 0 Å². The van der Waals surface area contributed by atoms with Gasteiger partial charge in [-0.1, -0.05) is 30.3 Å². The molecule has 1 aromatic heterocycles. The third-order valence-electron chi connectivity index (χ3n) is 4.88. The molecule has 2 heterocycles. The highest BCUT2D eigenvalue weighted by Gasteiger charge is 2.35. The van der Waals surface area contributed by atoms with Crippen LogP contribution in [0.2, 0.25) is 0 Å². The van der Waals surface area contributed by atoms with Crippen molar-refractivity contribution in [3.63, 3.8) is 0 Å². The summed E-state index contributed by atoms with van der Waals surface area (Å²) in [6.07, 6.45) is 3.15. The number of carbonyl (C=O) groups is 2. The number of hydrogen-bond donors (Lipinski definition) is 1. The maximum atomic E-state index is 13.2. The van der Waals surface area contributed by atoms with Crippen molar-refractivity contribution in [1.29, 1.82) is 0 Å². The summed E-state index contributed by atoms with van der Waals surface area (Å²) < 4.78 is 5.35. The van der Waals surface area contributed by atoms with Gasteiger partial charge in [-0.15, -0.1) is 5.06 Å². The highest BCUT2D eigenvalue weighted by atomic mass is 16.7. The molecule has 1 atom stereocenters. The molecule has 3 aromatic rings. The van der Waals surface area contributed by atoms with Crippen LogP contribution in [0.15, 0.2) is 54.7 Å². The third kappa shape index (κ3) is 3.19. The standard InChI is InChI=1S/C21H20N2O4/c1-26-18-11-5-9-15-16(13-22-19(15)18)20(24)17-10-6-12-23(17)27-21(25)14-7-3-2-4-8-14/h2-5,7-9,11,13,17,22H,6,10,12H2,1H3. The second kappa shape index (κ2) is 7.25. The number of rotatable bonds is 5. The van der Waals surface area contributed by atoms with Gasteiger partial charge in [0.15, 0.2) is 5.78 Å². The molecule has 0 saturated carbocycles. The quantitative estimate of drug-likeness (QED) is 0.701. The Kier molecular flexibility index (Phi) is 4.64. The Morgan fingerprint density at radius 1 is 1.11 bits per heavy atom. The highest BCUT2D eigenvalue weighted by molar-refractivity contribution is 6.11. The topological polar surface area (TPSA) is 71.6 Å². The molecule has 0 bridgehead atoms. The predicted octanol–water partition coefficient (Wildman–Crippen LogP) is 3.60. The van der Waals surface area contributed by atoms with Crippen LogP contribution in [0.5, 0.6) is 5.75 Å². The van der Waals surface area contributed by atoms with Crippen LogP contribution in [0.4, 0.5) is 0 Å². The number of ketones is 1.